The molecule has 1 atom stereocenters. The molecule has 4 nitrogen and oxygen atoms in total. The quantitative estimate of drug-likeness (QED) is 0.791. The van der Waals surface area contributed by atoms with Crippen LogP contribution < -0.4 is 5.32 Å². The summed E-state index contributed by atoms with van der Waals surface area (Å²) in [6, 6.07) is 4.97. The van der Waals surface area contributed by atoms with Gasteiger partial charge in [0.2, 0.25) is 0 Å². The predicted octanol–water partition coefficient (Wildman–Crippen LogP) is 2.23. The first-order valence-corrected chi connectivity index (χ1v) is 6.67. The van der Waals surface area contributed by atoms with Crippen LogP contribution in [-0.4, -0.2) is 36.1 Å². The molecule has 0 saturated heterocycles. The second kappa shape index (κ2) is 7.38. The molecule has 0 aliphatic heterocycles. The Labute approximate surface area is 115 Å². The van der Waals surface area contributed by atoms with Crippen LogP contribution in [0, 0.1) is 6.92 Å². The zero-order valence-electron chi connectivity index (χ0n) is 10.6. The summed E-state index contributed by atoms with van der Waals surface area (Å²) < 4.78 is 4.98. The molecule has 0 saturated carbocycles. The van der Waals surface area contributed by atoms with E-state index in [0.29, 0.717) is 18.7 Å². The molecule has 100 valence electrons. The number of alkyl halides is 1. The summed E-state index contributed by atoms with van der Waals surface area (Å²) in [5, 5.41) is 12.4. The lowest BCUT2D eigenvalue weighted by atomic mass is 10.1. The predicted molar refractivity (Wildman–Crippen MR) is 74.4 cm³/mol. The van der Waals surface area contributed by atoms with Gasteiger partial charge < -0.3 is 15.2 Å². The zero-order chi connectivity index (χ0) is 13.5. The summed E-state index contributed by atoms with van der Waals surface area (Å²) >= 11 is 3.44. The Balaban J connectivity index is 2.48. The molecule has 0 aliphatic rings. The number of amides is 1. The molecule has 0 aromatic heterocycles. The van der Waals surface area contributed by atoms with Crippen LogP contribution in [0.3, 0.4) is 0 Å². The topological polar surface area (TPSA) is 58.6 Å². The van der Waals surface area contributed by atoms with Crippen molar-refractivity contribution < 1.29 is 14.6 Å². The Morgan fingerprint density at radius 3 is 2.94 bits per heavy atom. The molecule has 0 radical (unpaired) electrons. The van der Waals surface area contributed by atoms with Crippen molar-refractivity contribution in [2.45, 2.75) is 18.2 Å². The third kappa shape index (κ3) is 4.66. The number of benzene rings is 1. The van der Waals surface area contributed by atoms with E-state index >= 15 is 0 Å². The van der Waals surface area contributed by atoms with Gasteiger partial charge in [-0.15, -0.1) is 0 Å². The highest BCUT2D eigenvalue weighted by molar-refractivity contribution is 9.09. The van der Waals surface area contributed by atoms with E-state index in [0.717, 1.165) is 12.0 Å². The lowest BCUT2D eigenvalue weighted by Gasteiger charge is -2.10. The molecule has 0 heterocycles. The van der Waals surface area contributed by atoms with Crippen LogP contribution in [0.15, 0.2) is 18.2 Å². The van der Waals surface area contributed by atoms with Crippen LogP contribution in [0.25, 0.3) is 0 Å². The Morgan fingerprint density at radius 2 is 2.28 bits per heavy atom. The lowest BCUT2D eigenvalue weighted by Crippen LogP contribution is -2.27. The maximum Gasteiger partial charge on any atom is 0.255 e. The van der Waals surface area contributed by atoms with Crippen LogP contribution >= 0.6 is 15.9 Å². The third-order valence-corrected chi connectivity index (χ3v) is 3.21. The number of phenols is 1. The molecule has 0 fully saturated rings. The number of nitrogens with one attached hydrogen (secondary N) is 1. The number of rotatable bonds is 6. The number of carbonyl (C=O) groups excluding carboxylic acids is 1. The Morgan fingerprint density at radius 1 is 1.56 bits per heavy atom. The maximum atomic E-state index is 11.8. The minimum absolute atomic E-state index is 0.00498. The van der Waals surface area contributed by atoms with Gasteiger partial charge in [-0.2, -0.15) is 0 Å². The molecule has 1 aromatic rings. The van der Waals surface area contributed by atoms with E-state index in [1.165, 1.54) is 6.07 Å². The Kier molecular flexibility index (Phi) is 6.15. The highest BCUT2D eigenvalue weighted by Crippen LogP contribution is 2.17. The van der Waals surface area contributed by atoms with E-state index < -0.39 is 0 Å². The second-order valence-electron chi connectivity index (χ2n) is 4.12. The summed E-state index contributed by atoms with van der Waals surface area (Å²) in [7, 11) is 1.64. The summed E-state index contributed by atoms with van der Waals surface area (Å²) in [6.07, 6.45) is 0.770. The highest BCUT2D eigenvalue weighted by Gasteiger charge is 2.11. The van der Waals surface area contributed by atoms with E-state index in [-0.39, 0.29) is 16.5 Å². The molecule has 1 aromatic carbocycles. The van der Waals surface area contributed by atoms with E-state index in [1.54, 1.807) is 19.2 Å². The van der Waals surface area contributed by atoms with Gasteiger partial charge >= 0.3 is 0 Å². The summed E-state index contributed by atoms with van der Waals surface area (Å²) in [4.78, 5) is 12.1. The monoisotopic (exact) mass is 315 g/mol. The number of methoxy groups -OCH3 is 1. The van der Waals surface area contributed by atoms with Gasteiger partial charge in [-0.3, -0.25) is 4.79 Å². The van der Waals surface area contributed by atoms with Gasteiger partial charge in [0.25, 0.3) is 5.91 Å². The van der Waals surface area contributed by atoms with Crippen molar-refractivity contribution in [2.75, 3.05) is 20.3 Å². The molecule has 18 heavy (non-hydrogen) atoms. The third-order valence-electron chi connectivity index (χ3n) is 2.49. The van der Waals surface area contributed by atoms with Crippen LogP contribution in [0.1, 0.15) is 22.3 Å². The second-order valence-corrected chi connectivity index (χ2v) is 5.41. The SMILES string of the molecule is COCC(Br)CCNC(=O)c1cc(C)ccc1O. The maximum absolute atomic E-state index is 11.8. The number of ether oxygens (including phenoxy) is 1. The first kappa shape index (κ1) is 15.0. The lowest BCUT2D eigenvalue weighted by molar-refractivity contribution is 0.0949. The molecule has 1 amide bonds. The fourth-order valence-electron chi connectivity index (χ4n) is 1.53. The molecule has 5 heteroatoms. The van der Waals surface area contributed by atoms with Gasteiger partial charge in [0.15, 0.2) is 0 Å². The Bertz CT molecular complexity index is 409. The van der Waals surface area contributed by atoms with Gasteiger partial charge in [-0.25, -0.2) is 0 Å². The molecule has 1 unspecified atom stereocenters. The summed E-state index contributed by atoms with van der Waals surface area (Å²) in [6.45, 7) is 3.01. The van der Waals surface area contributed by atoms with E-state index in [9.17, 15) is 9.90 Å². The summed E-state index contributed by atoms with van der Waals surface area (Å²) in [5.74, 6) is -0.251. The number of phenolic OH excluding ortho intramolecular Hbond substituents is 1. The normalized spacial score (nSPS) is 12.2. The number of aromatic hydroxyl groups is 1. The Hall–Kier alpha value is -1.07. The molecule has 2 N–H and O–H groups in total. The van der Waals surface area contributed by atoms with Crippen molar-refractivity contribution in [3.63, 3.8) is 0 Å². The molecule has 0 spiro atoms. The van der Waals surface area contributed by atoms with Gasteiger partial charge in [-0.05, 0) is 25.5 Å². The molecular formula is C13H18BrNO3. The van der Waals surface area contributed by atoms with Crippen molar-refractivity contribution in [3.8, 4) is 5.75 Å². The van der Waals surface area contributed by atoms with Crippen molar-refractivity contribution in [3.05, 3.63) is 29.3 Å². The van der Waals surface area contributed by atoms with Crippen LogP contribution in [0.5, 0.6) is 5.75 Å². The van der Waals surface area contributed by atoms with Crippen LogP contribution in [0.2, 0.25) is 0 Å². The van der Waals surface area contributed by atoms with E-state index in [4.69, 9.17) is 4.74 Å². The number of hydrogen-bond acceptors (Lipinski definition) is 3. The van der Waals surface area contributed by atoms with Crippen molar-refractivity contribution in [1.82, 2.24) is 5.32 Å². The fraction of sp³-hybridized carbons (Fsp3) is 0.462. The van der Waals surface area contributed by atoms with Gasteiger partial charge in [0.05, 0.1) is 12.2 Å². The molecular weight excluding hydrogens is 298 g/mol. The van der Waals surface area contributed by atoms with E-state index in [1.807, 2.05) is 6.92 Å². The van der Waals surface area contributed by atoms with Crippen LogP contribution in [-0.2, 0) is 4.74 Å². The molecule has 1 rings (SSSR count). The average Bonchev–Trinajstić information content (AvgIpc) is 2.32. The van der Waals surface area contributed by atoms with Gasteiger partial charge in [-0.1, -0.05) is 27.6 Å². The van der Waals surface area contributed by atoms with E-state index in [2.05, 4.69) is 21.2 Å². The molecule has 0 bridgehead atoms. The number of halogens is 1. The largest absolute Gasteiger partial charge is 0.507 e. The standard InChI is InChI=1S/C13H18BrNO3/c1-9-3-4-12(16)11(7-9)13(17)15-6-5-10(14)8-18-2/h3-4,7,10,16H,5-6,8H2,1-2H3,(H,15,17). The zero-order valence-corrected chi connectivity index (χ0v) is 12.2. The highest BCUT2D eigenvalue weighted by atomic mass is 79.9. The number of hydrogen-bond donors (Lipinski definition) is 2. The summed E-state index contributed by atoms with van der Waals surface area (Å²) in [5.41, 5.74) is 1.25. The molecule has 0 aliphatic carbocycles. The number of carbonyl (C=O) groups is 1. The first-order chi connectivity index (χ1) is 8.54. The number of aryl methyl sites for hydroxylation is 1. The van der Waals surface area contributed by atoms with Crippen LogP contribution in [0.4, 0.5) is 0 Å². The minimum Gasteiger partial charge on any atom is -0.507 e. The fourth-order valence-corrected chi connectivity index (χ4v) is 2.03. The average molecular weight is 316 g/mol. The van der Waals surface area contributed by atoms with Crippen molar-refractivity contribution in [2.24, 2.45) is 0 Å². The van der Waals surface area contributed by atoms with Gasteiger partial charge in [0, 0.05) is 18.5 Å². The van der Waals surface area contributed by atoms with Crippen molar-refractivity contribution in [1.29, 1.82) is 0 Å². The first-order valence-electron chi connectivity index (χ1n) is 5.75. The smallest absolute Gasteiger partial charge is 0.255 e. The van der Waals surface area contributed by atoms with Crippen molar-refractivity contribution >= 4 is 21.8 Å². The minimum atomic E-state index is -0.256. The van der Waals surface area contributed by atoms with Gasteiger partial charge in [0.1, 0.15) is 5.75 Å².